The molecule has 0 aliphatic carbocycles. The van der Waals surface area contributed by atoms with E-state index in [0.29, 0.717) is 43.9 Å². The van der Waals surface area contributed by atoms with Gasteiger partial charge in [0.25, 0.3) is 0 Å². The largest absolute Gasteiger partial charge is 0.379 e. The van der Waals surface area contributed by atoms with Crippen molar-refractivity contribution in [1.82, 2.24) is 5.32 Å². The molecule has 16 heavy (non-hydrogen) atoms. The van der Waals surface area contributed by atoms with E-state index >= 15 is 0 Å². The van der Waals surface area contributed by atoms with E-state index in [1.807, 2.05) is 22.6 Å². The first-order valence-corrected chi connectivity index (χ1v) is 6.33. The molecule has 0 aromatic heterocycles. The fraction of sp³-hybridized carbons (Fsp3) is 0.875. The summed E-state index contributed by atoms with van der Waals surface area (Å²) in [4.78, 5) is 13.4. The summed E-state index contributed by atoms with van der Waals surface area (Å²) in [6.07, 6.45) is 0. The van der Waals surface area contributed by atoms with E-state index in [1.54, 1.807) is 0 Å². The number of nitrogens with zero attached hydrogens (tertiary/aromatic N) is 3. The van der Waals surface area contributed by atoms with E-state index in [-0.39, 0.29) is 5.91 Å². The number of halogens is 1. The van der Waals surface area contributed by atoms with Crippen LogP contribution >= 0.6 is 22.6 Å². The highest BCUT2D eigenvalue weighted by atomic mass is 127. The fourth-order valence-corrected chi connectivity index (χ4v) is 1.05. The molecule has 0 aromatic rings. The van der Waals surface area contributed by atoms with Crippen molar-refractivity contribution in [3.05, 3.63) is 10.4 Å². The zero-order chi connectivity index (χ0) is 12.1. The lowest BCUT2D eigenvalue weighted by atomic mass is 10.6. The van der Waals surface area contributed by atoms with Gasteiger partial charge in [0.2, 0.25) is 5.91 Å². The SMILES string of the molecule is [N-]=[N+]=NCCOCCOCCNC(=O)CI. The Morgan fingerprint density at radius 3 is 2.62 bits per heavy atom. The molecule has 0 rings (SSSR count). The van der Waals surface area contributed by atoms with Gasteiger partial charge < -0.3 is 14.8 Å². The first kappa shape index (κ1) is 15.4. The van der Waals surface area contributed by atoms with Gasteiger partial charge in [-0.1, -0.05) is 27.7 Å². The van der Waals surface area contributed by atoms with Gasteiger partial charge in [0.05, 0.1) is 30.9 Å². The number of azide groups is 1. The Labute approximate surface area is 108 Å². The van der Waals surface area contributed by atoms with Gasteiger partial charge in [0.1, 0.15) is 0 Å². The van der Waals surface area contributed by atoms with E-state index in [9.17, 15) is 4.79 Å². The quantitative estimate of drug-likeness (QED) is 0.159. The molecule has 0 aliphatic heterocycles. The highest BCUT2D eigenvalue weighted by Crippen LogP contribution is 1.81. The van der Waals surface area contributed by atoms with Crippen LogP contribution in [-0.4, -0.2) is 49.9 Å². The first-order chi connectivity index (χ1) is 7.81. The Morgan fingerprint density at radius 2 is 2.00 bits per heavy atom. The van der Waals surface area contributed by atoms with Crippen molar-refractivity contribution in [2.75, 3.05) is 43.9 Å². The van der Waals surface area contributed by atoms with Crippen molar-refractivity contribution < 1.29 is 14.3 Å². The molecule has 0 radical (unpaired) electrons. The minimum Gasteiger partial charge on any atom is -0.379 e. The summed E-state index contributed by atoms with van der Waals surface area (Å²) in [5.74, 6) is 0.00909. The molecule has 0 fully saturated rings. The summed E-state index contributed by atoms with van der Waals surface area (Å²) < 4.78 is 10.8. The molecule has 0 saturated heterocycles. The second kappa shape index (κ2) is 12.5. The van der Waals surface area contributed by atoms with Crippen molar-refractivity contribution >= 4 is 28.5 Å². The molecule has 1 amide bonds. The molecule has 0 saturated carbocycles. The van der Waals surface area contributed by atoms with Gasteiger partial charge in [-0.05, 0) is 5.53 Å². The predicted molar refractivity (Wildman–Crippen MR) is 67.5 cm³/mol. The summed E-state index contributed by atoms with van der Waals surface area (Å²) in [6, 6.07) is 0. The molecule has 8 heteroatoms. The van der Waals surface area contributed by atoms with Crippen LogP contribution in [-0.2, 0) is 14.3 Å². The maximum Gasteiger partial charge on any atom is 0.229 e. The van der Waals surface area contributed by atoms with Gasteiger partial charge in [0.15, 0.2) is 0 Å². The first-order valence-electron chi connectivity index (χ1n) is 4.80. The number of ether oxygens (including phenoxy) is 2. The monoisotopic (exact) mass is 342 g/mol. The normalized spacial score (nSPS) is 9.56. The molecule has 7 nitrogen and oxygen atoms in total. The Morgan fingerprint density at radius 1 is 1.31 bits per heavy atom. The number of rotatable bonds is 10. The van der Waals surface area contributed by atoms with E-state index in [2.05, 4.69) is 15.3 Å². The van der Waals surface area contributed by atoms with Crippen molar-refractivity contribution in [2.24, 2.45) is 5.11 Å². The standard InChI is InChI=1S/C8H15IN4O3/c9-7-8(14)11-1-3-15-5-6-16-4-2-12-13-10/h1-7H2,(H,11,14). The average molecular weight is 342 g/mol. The molecule has 0 bridgehead atoms. The molecule has 0 aliphatic rings. The molecule has 0 spiro atoms. The molecular formula is C8H15IN4O3. The van der Waals surface area contributed by atoms with Crippen molar-refractivity contribution in [3.63, 3.8) is 0 Å². The van der Waals surface area contributed by atoms with Gasteiger partial charge in [0, 0.05) is 18.0 Å². The van der Waals surface area contributed by atoms with Crippen LogP contribution in [0.25, 0.3) is 10.4 Å². The van der Waals surface area contributed by atoms with Crippen LogP contribution in [0, 0.1) is 0 Å². The summed E-state index contributed by atoms with van der Waals surface area (Å²) in [5.41, 5.74) is 7.97. The minimum atomic E-state index is 0.00909. The second-order valence-electron chi connectivity index (χ2n) is 2.66. The lowest BCUT2D eigenvalue weighted by Gasteiger charge is -2.05. The number of nitrogens with one attached hydrogen (secondary N) is 1. The Bertz CT molecular complexity index is 233. The minimum absolute atomic E-state index is 0.00909. The van der Waals surface area contributed by atoms with Crippen LogP contribution < -0.4 is 5.32 Å². The summed E-state index contributed by atoms with van der Waals surface area (Å²) in [7, 11) is 0. The Kier molecular flexibility index (Phi) is 12.1. The zero-order valence-electron chi connectivity index (χ0n) is 8.89. The third kappa shape index (κ3) is 11.5. The highest BCUT2D eigenvalue weighted by Gasteiger charge is 1.95. The number of hydrogen-bond acceptors (Lipinski definition) is 4. The predicted octanol–water partition coefficient (Wildman–Crippen LogP) is 0.881. The van der Waals surface area contributed by atoms with E-state index in [4.69, 9.17) is 15.0 Å². The molecule has 0 aromatic carbocycles. The number of carbonyl (C=O) groups is 1. The fourth-order valence-electron chi connectivity index (χ4n) is 0.782. The maximum absolute atomic E-state index is 10.8. The topological polar surface area (TPSA) is 96.3 Å². The molecule has 1 N–H and O–H groups in total. The molecule has 0 heterocycles. The number of alkyl halides is 1. The van der Waals surface area contributed by atoms with Crippen molar-refractivity contribution in [1.29, 1.82) is 0 Å². The molecule has 0 atom stereocenters. The third-order valence-corrected chi connectivity index (χ3v) is 2.15. The smallest absolute Gasteiger partial charge is 0.229 e. The van der Waals surface area contributed by atoms with Crippen LogP contribution in [0.3, 0.4) is 0 Å². The van der Waals surface area contributed by atoms with E-state index in [0.717, 1.165) is 0 Å². The van der Waals surface area contributed by atoms with Crippen LogP contribution in [0.2, 0.25) is 0 Å². The van der Waals surface area contributed by atoms with Gasteiger partial charge in [-0.15, -0.1) is 0 Å². The van der Waals surface area contributed by atoms with E-state index < -0.39 is 0 Å². The highest BCUT2D eigenvalue weighted by molar-refractivity contribution is 14.1. The van der Waals surface area contributed by atoms with Crippen molar-refractivity contribution in [2.45, 2.75) is 0 Å². The average Bonchev–Trinajstić information content (AvgIpc) is 2.31. The number of amides is 1. The van der Waals surface area contributed by atoms with Crippen molar-refractivity contribution in [3.8, 4) is 0 Å². The summed E-state index contributed by atoms with van der Waals surface area (Å²) in [6.45, 7) is 2.65. The van der Waals surface area contributed by atoms with Gasteiger partial charge in [-0.2, -0.15) is 0 Å². The zero-order valence-corrected chi connectivity index (χ0v) is 11.1. The van der Waals surface area contributed by atoms with Gasteiger partial charge >= 0.3 is 0 Å². The Hall–Kier alpha value is -0.570. The molecule has 0 unspecified atom stereocenters. The molecular weight excluding hydrogens is 327 g/mol. The Balaban J connectivity index is 3.04. The van der Waals surface area contributed by atoms with Crippen LogP contribution in [0.15, 0.2) is 5.11 Å². The molecule has 92 valence electrons. The maximum atomic E-state index is 10.8. The second-order valence-corrected chi connectivity index (χ2v) is 3.43. The number of carbonyl (C=O) groups excluding carboxylic acids is 1. The lowest BCUT2D eigenvalue weighted by molar-refractivity contribution is -0.118. The van der Waals surface area contributed by atoms with Crippen LogP contribution in [0.5, 0.6) is 0 Å². The van der Waals surface area contributed by atoms with E-state index in [1.165, 1.54) is 0 Å². The third-order valence-electron chi connectivity index (χ3n) is 1.46. The number of hydrogen-bond donors (Lipinski definition) is 1. The summed E-state index contributed by atoms with van der Waals surface area (Å²) in [5, 5.41) is 6.00. The van der Waals surface area contributed by atoms with Crippen LogP contribution in [0.1, 0.15) is 0 Å². The van der Waals surface area contributed by atoms with Gasteiger partial charge in [-0.25, -0.2) is 0 Å². The van der Waals surface area contributed by atoms with Gasteiger partial charge in [-0.3, -0.25) is 4.79 Å². The lowest BCUT2D eigenvalue weighted by Crippen LogP contribution is -2.28. The summed E-state index contributed by atoms with van der Waals surface area (Å²) >= 11 is 2.00. The van der Waals surface area contributed by atoms with Crippen LogP contribution in [0.4, 0.5) is 0 Å².